The van der Waals surface area contributed by atoms with Gasteiger partial charge in [0.15, 0.2) is 0 Å². The first-order valence-corrected chi connectivity index (χ1v) is 6.12. The number of nitrogens with two attached hydrogens (primary N) is 1. The second-order valence-electron chi connectivity index (χ2n) is 4.72. The van der Waals surface area contributed by atoms with Crippen molar-refractivity contribution >= 4 is 5.69 Å². The highest BCUT2D eigenvalue weighted by Gasteiger charge is 2.06. The Morgan fingerprint density at radius 3 is 2.22 bits per heavy atom. The predicted molar refractivity (Wildman–Crippen MR) is 75.8 cm³/mol. The van der Waals surface area contributed by atoms with E-state index in [0.29, 0.717) is 6.61 Å². The van der Waals surface area contributed by atoms with E-state index in [0.717, 1.165) is 17.0 Å². The molecule has 18 heavy (non-hydrogen) atoms. The van der Waals surface area contributed by atoms with Crippen LogP contribution in [0, 0.1) is 20.8 Å². The van der Waals surface area contributed by atoms with Crippen molar-refractivity contribution in [3.05, 3.63) is 58.7 Å². The monoisotopic (exact) mass is 241 g/mol. The molecule has 0 heterocycles. The molecule has 0 amide bonds. The largest absolute Gasteiger partial charge is 0.488 e. The Kier molecular flexibility index (Phi) is 3.56. The number of nitrogen functional groups attached to an aromatic ring is 1. The van der Waals surface area contributed by atoms with Crippen molar-refractivity contribution in [1.82, 2.24) is 0 Å². The molecule has 0 unspecified atom stereocenters. The molecule has 0 aromatic heterocycles. The Bertz CT molecular complexity index is 538. The molecule has 2 heteroatoms. The van der Waals surface area contributed by atoms with Gasteiger partial charge in [0.05, 0.1) is 0 Å². The average molecular weight is 241 g/mol. The van der Waals surface area contributed by atoms with Crippen molar-refractivity contribution in [2.45, 2.75) is 27.4 Å². The van der Waals surface area contributed by atoms with Crippen LogP contribution in [0.3, 0.4) is 0 Å². The van der Waals surface area contributed by atoms with Gasteiger partial charge < -0.3 is 10.5 Å². The van der Waals surface area contributed by atoms with Gasteiger partial charge in [-0.3, -0.25) is 0 Å². The number of hydrogen-bond acceptors (Lipinski definition) is 2. The number of aryl methyl sites for hydroxylation is 3. The zero-order chi connectivity index (χ0) is 13.1. The van der Waals surface area contributed by atoms with Crippen molar-refractivity contribution in [3.63, 3.8) is 0 Å². The third-order valence-corrected chi connectivity index (χ3v) is 3.03. The third-order valence-electron chi connectivity index (χ3n) is 3.03. The molecule has 0 radical (unpaired) electrons. The summed E-state index contributed by atoms with van der Waals surface area (Å²) in [6.45, 7) is 6.75. The summed E-state index contributed by atoms with van der Waals surface area (Å²) in [5.74, 6) is 0.962. The molecule has 2 aromatic rings. The number of anilines is 1. The maximum absolute atomic E-state index is 5.91. The molecule has 2 N–H and O–H groups in total. The molecule has 2 rings (SSSR count). The highest BCUT2D eigenvalue weighted by molar-refractivity contribution is 5.47. The second kappa shape index (κ2) is 5.13. The Hall–Kier alpha value is -1.96. The van der Waals surface area contributed by atoms with Gasteiger partial charge in [-0.05, 0) is 38.0 Å². The van der Waals surface area contributed by atoms with Crippen LogP contribution >= 0.6 is 0 Å². The van der Waals surface area contributed by atoms with E-state index in [9.17, 15) is 0 Å². The second-order valence-corrected chi connectivity index (χ2v) is 4.72. The molecule has 2 nitrogen and oxygen atoms in total. The minimum Gasteiger partial charge on any atom is -0.488 e. The maximum Gasteiger partial charge on any atom is 0.125 e. The van der Waals surface area contributed by atoms with E-state index in [1.54, 1.807) is 0 Å². The SMILES string of the molecule is Cc1cc(C)c(OCc2ccccc2N)c(C)c1. The average Bonchev–Trinajstić information content (AvgIpc) is 2.30. The van der Waals surface area contributed by atoms with Gasteiger partial charge in [0.1, 0.15) is 12.4 Å². The number of para-hydroxylation sites is 1. The van der Waals surface area contributed by atoms with E-state index in [1.807, 2.05) is 24.3 Å². The van der Waals surface area contributed by atoms with Gasteiger partial charge in [0, 0.05) is 11.3 Å². The molecule has 0 saturated carbocycles. The van der Waals surface area contributed by atoms with E-state index in [2.05, 4.69) is 32.9 Å². The number of rotatable bonds is 3. The summed E-state index contributed by atoms with van der Waals surface area (Å²) in [5.41, 5.74) is 11.3. The Morgan fingerprint density at radius 1 is 1.00 bits per heavy atom. The molecule has 94 valence electrons. The summed E-state index contributed by atoms with van der Waals surface area (Å²) in [6, 6.07) is 12.1. The zero-order valence-corrected chi connectivity index (χ0v) is 11.2. The normalized spacial score (nSPS) is 10.4. The lowest BCUT2D eigenvalue weighted by Gasteiger charge is -2.14. The molecular weight excluding hydrogens is 222 g/mol. The maximum atomic E-state index is 5.91. The van der Waals surface area contributed by atoms with Gasteiger partial charge in [-0.25, -0.2) is 0 Å². The molecule has 0 aliphatic heterocycles. The summed E-state index contributed by atoms with van der Waals surface area (Å²) < 4.78 is 5.91. The van der Waals surface area contributed by atoms with Crippen molar-refractivity contribution in [1.29, 1.82) is 0 Å². The first-order valence-electron chi connectivity index (χ1n) is 6.12. The van der Waals surface area contributed by atoms with Crippen LogP contribution in [0.25, 0.3) is 0 Å². The first kappa shape index (κ1) is 12.5. The lowest BCUT2D eigenvalue weighted by Crippen LogP contribution is -2.02. The van der Waals surface area contributed by atoms with Crippen LogP contribution in [0.4, 0.5) is 5.69 Å². The Balaban J connectivity index is 2.19. The fourth-order valence-electron chi connectivity index (χ4n) is 2.21. The van der Waals surface area contributed by atoms with E-state index in [-0.39, 0.29) is 0 Å². The number of benzene rings is 2. The zero-order valence-electron chi connectivity index (χ0n) is 11.2. The summed E-state index contributed by atoms with van der Waals surface area (Å²) in [4.78, 5) is 0. The van der Waals surface area contributed by atoms with E-state index >= 15 is 0 Å². The van der Waals surface area contributed by atoms with Crippen LogP contribution in [-0.4, -0.2) is 0 Å². The van der Waals surface area contributed by atoms with Gasteiger partial charge in [-0.1, -0.05) is 35.9 Å². The van der Waals surface area contributed by atoms with Crippen LogP contribution in [0.15, 0.2) is 36.4 Å². The summed E-state index contributed by atoms with van der Waals surface area (Å²) in [6.07, 6.45) is 0. The molecule has 0 saturated heterocycles. The summed E-state index contributed by atoms with van der Waals surface area (Å²) >= 11 is 0. The third kappa shape index (κ3) is 2.65. The van der Waals surface area contributed by atoms with Crippen LogP contribution in [-0.2, 0) is 6.61 Å². The summed E-state index contributed by atoms with van der Waals surface area (Å²) in [5, 5.41) is 0. The van der Waals surface area contributed by atoms with Crippen molar-refractivity contribution in [2.24, 2.45) is 0 Å². The quantitative estimate of drug-likeness (QED) is 0.830. The van der Waals surface area contributed by atoms with Crippen LogP contribution in [0.1, 0.15) is 22.3 Å². The minimum atomic E-state index is 0.511. The van der Waals surface area contributed by atoms with Gasteiger partial charge in [-0.2, -0.15) is 0 Å². The minimum absolute atomic E-state index is 0.511. The fourth-order valence-corrected chi connectivity index (χ4v) is 2.21. The highest BCUT2D eigenvalue weighted by atomic mass is 16.5. The Morgan fingerprint density at radius 2 is 1.61 bits per heavy atom. The lowest BCUT2D eigenvalue weighted by atomic mass is 10.1. The van der Waals surface area contributed by atoms with Gasteiger partial charge in [-0.15, -0.1) is 0 Å². The highest BCUT2D eigenvalue weighted by Crippen LogP contribution is 2.26. The van der Waals surface area contributed by atoms with Gasteiger partial charge in [0.25, 0.3) is 0 Å². The predicted octanol–water partition coefficient (Wildman–Crippen LogP) is 3.77. The van der Waals surface area contributed by atoms with Gasteiger partial charge in [0.2, 0.25) is 0 Å². The van der Waals surface area contributed by atoms with Crippen molar-refractivity contribution in [2.75, 3.05) is 5.73 Å². The molecular formula is C16H19NO. The van der Waals surface area contributed by atoms with Crippen LogP contribution in [0.2, 0.25) is 0 Å². The van der Waals surface area contributed by atoms with Crippen molar-refractivity contribution in [3.8, 4) is 5.75 Å². The van der Waals surface area contributed by atoms with E-state index < -0.39 is 0 Å². The van der Waals surface area contributed by atoms with Crippen LogP contribution < -0.4 is 10.5 Å². The number of ether oxygens (including phenoxy) is 1. The number of hydrogen-bond donors (Lipinski definition) is 1. The topological polar surface area (TPSA) is 35.2 Å². The lowest BCUT2D eigenvalue weighted by molar-refractivity contribution is 0.302. The Labute approximate surface area is 108 Å². The van der Waals surface area contributed by atoms with E-state index in [1.165, 1.54) is 16.7 Å². The van der Waals surface area contributed by atoms with E-state index in [4.69, 9.17) is 10.5 Å². The first-order chi connectivity index (χ1) is 8.58. The molecule has 0 atom stereocenters. The molecule has 0 fully saturated rings. The molecule has 0 spiro atoms. The standard InChI is InChI=1S/C16H19NO/c1-11-8-12(2)16(13(3)9-11)18-10-14-6-4-5-7-15(14)17/h4-9H,10,17H2,1-3H3. The smallest absolute Gasteiger partial charge is 0.125 e. The fraction of sp³-hybridized carbons (Fsp3) is 0.250. The van der Waals surface area contributed by atoms with Crippen LogP contribution in [0.5, 0.6) is 5.75 Å². The molecule has 0 bridgehead atoms. The summed E-state index contributed by atoms with van der Waals surface area (Å²) in [7, 11) is 0. The van der Waals surface area contributed by atoms with Crippen molar-refractivity contribution < 1.29 is 4.74 Å². The van der Waals surface area contributed by atoms with Gasteiger partial charge >= 0.3 is 0 Å². The molecule has 0 aliphatic rings. The molecule has 0 aliphatic carbocycles. The molecule has 2 aromatic carbocycles.